The lowest BCUT2D eigenvalue weighted by atomic mass is 10.1. The molecule has 2 heterocycles. The number of hydrogen-bond acceptors (Lipinski definition) is 6. The van der Waals surface area contributed by atoms with Crippen LogP contribution in [-0.2, 0) is 11.2 Å². The number of carbonyl (C=O) groups is 1. The fourth-order valence-electron chi connectivity index (χ4n) is 2.65. The van der Waals surface area contributed by atoms with Crippen LogP contribution in [0.5, 0.6) is 0 Å². The zero-order valence-electron chi connectivity index (χ0n) is 15.0. The summed E-state index contributed by atoms with van der Waals surface area (Å²) in [6, 6.07) is 15.4. The predicted octanol–water partition coefficient (Wildman–Crippen LogP) is 2.27. The van der Waals surface area contributed by atoms with E-state index in [1.165, 1.54) is 16.6 Å². The van der Waals surface area contributed by atoms with Gasteiger partial charge < -0.3 is 5.32 Å². The van der Waals surface area contributed by atoms with E-state index in [4.69, 9.17) is 0 Å². The van der Waals surface area contributed by atoms with E-state index in [9.17, 15) is 14.0 Å². The third kappa shape index (κ3) is 4.32. The van der Waals surface area contributed by atoms with Crippen LogP contribution in [0.4, 0.5) is 10.1 Å². The van der Waals surface area contributed by atoms with Crippen molar-refractivity contribution in [2.75, 3.05) is 11.1 Å². The minimum Gasteiger partial charge on any atom is -0.323 e. The van der Waals surface area contributed by atoms with Gasteiger partial charge in [0.1, 0.15) is 11.5 Å². The predicted molar refractivity (Wildman–Crippen MR) is 106 cm³/mol. The lowest BCUT2D eigenvalue weighted by Gasteiger charge is -2.05. The van der Waals surface area contributed by atoms with Crippen molar-refractivity contribution in [3.05, 3.63) is 82.0 Å². The number of anilines is 1. The van der Waals surface area contributed by atoms with Crippen LogP contribution in [-0.4, -0.2) is 36.5 Å². The van der Waals surface area contributed by atoms with E-state index in [0.29, 0.717) is 17.3 Å². The molecule has 2 aromatic carbocycles. The van der Waals surface area contributed by atoms with Crippen molar-refractivity contribution in [3.8, 4) is 0 Å². The number of nitrogens with zero attached hydrogens (tertiary/aromatic N) is 4. The number of nitrogens with one attached hydrogen (secondary N) is 2. The van der Waals surface area contributed by atoms with Gasteiger partial charge in [-0.2, -0.15) is 9.61 Å². The highest BCUT2D eigenvalue weighted by atomic mass is 32.2. The molecule has 0 radical (unpaired) electrons. The molecule has 0 unspecified atom stereocenters. The molecule has 0 fully saturated rings. The van der Waals surface area contributed by atoms with Gasteiger partial charge >= 0.3 is 0 Å². The first-order chi connectivity index (χ1) is 14.1. The highest BCUT2D eigenvalue weighted by Gasteiger charge is 2.14. The van der Waals surface area contributed by atoms with E-state index in [1.54, 1.807) is 12.1 Å². The molecule has 10 heteroatoms. The van der Waals surface area contributed by atoms with Gasteiger partial charge in [0.2, 0.25) is 11.1 Å². The van der Waals surface area contributed by atoms with Crippen molar-refractivity contribution in [1.29, 1.82) is 0 Å². The van der Waals surface area contributed by atoms with Gasteiger partial charge in [0.05, 0.1) is 11.4 Å². The minimum absolute atomic E-state index is 0.0239. The Hall–Kier alpha value is -3.53. The zero-order valence-corrected chi connectivity index (χ0v) is 15.8. The molecule has 0 aliphatic heterocycles. The largest absolute Gasteiger partial charge is 0.323 e. The van der Waals surface area contributed by atoms with Gasteiger partial charge in [-0.05, 0) is 17.7 Å². The van der Waals surface area contributed by atoms with Crippen molar-refractivity contribution in [3.63, 3.8) is 0 Å². The number of halogens is 1. The van der Waals surface area contributed by atoms with E-state index < -0.39 is 11.7 Å². The van der Waals surface area contributed by atoms with Crippen molar-refractivity contribution < 1.29 is 9.18 Å². The molecule has 2 aromatic heterocycles. The monoisotopic (exact) mass is 410 g/mol. The normalized spacial score (nSPS) is 10.9. The smallest absolute Gasteiger partial charge is 0.274 e. The van der Waals surface area contributed by atoms with E-state index >= 15 is 0 Å². The molecule has 0 atom stereocenters. The van der Waals surface area contributed by atoms with Gasteiger partial charge in [0.15, 0.2) is 0 Å². The summed E-state index contributed by atoms with van der Waals surface area (Å²) in [7, 11) is 0. The average molecular weight is 410 g/mol. The Labute approximate surface area is 168 Å². The first-order valence-electron chi connectivity index (χ1n) is 8.66. The summed E-state index contributed by atoms with van der Waals surface area (Å²) in [6.07, 6.45) is 0.349. The molecule has 8 nitrogen and oxygen atoms in total. The van der Waals surface area contributed by atoms with E-state index in [2.05, 4.69) is 25.6 Å². The minimum atomic E-state index is -0.511. The zero-order chi connectivity index (χ0) is 20.2. The number of H-pyrrole nitrogens is 1. The number of aromatic nitrogens is 5. The fraction of sp³-hybridized carbons (Fsp3) is 0.105. The Balaban J connectivity index is 1.50. The summed E-state index contributed by atoms with van der Waals surface area (Å²) in [6.45, 7) is 0. The number of rotatable bonds is 6. The van der Waals surface area contributed by atoms with Crippen LogP contribution < -0.4 is 10.9 Å². The molecule has 4 rings (SSSR count). The number of carbonyl (C=O) groups excluding carboxylic acids is 1. The number of hydrogen-bond donors (Lipinski definition) is 2. The van der Waals surface area contributed by atoms with Crippen LogP contribution in [0.3, 0.4) is 0 Å². The summed E-state index contributed by atoms with van der Waals surface area (Å²) >= 11 is 1.08. The molecule has 4 aromatic rings. The van der Waals surface area contributed by atoms with Crippen LogP contribution in [0, 0.1) is 5.82 Å². The molecule has 0 bridgehead atoms. The van der Waals surface area contributed by atoms with E-state index in [1.807, 2.05) is 30.3 Å². The molecule has 0 saturated heterocycles. The Morgan fingerprint density at radius 2 is 1.86 bits per heavy atom. The molecule has 29 heavy (non-hydrogen) atoms. The maximum atomic E-state index is 13.6. The molecular formula is C19H15FN6O2S. The molecule has 0 aliphatic rings. The summed E-state index contributed by atoms with van der Waals surface area (Å²) in [5.41, 5.74) is 1.01. The topological polar surface area (TPSA) is 105 Å². The van der Waals surface area contributed by atoms with Crippen LogP contribution in [0.1, 0.15) is 11.3 Å². The van der Waals surface area contributed by atoms with Crippen LogP contribution >= 0.6 is 11.8 Å². The third-order valence-electron chi connectivity index (χ3n) is 4.01. The molecular weight excluding hydrogens is 395 g/mol. The molecule has 0 aliphatic carbocycles. The molecule has 0 spiro atoms. The number of amides is 1. The number of para-hydroxylation sites is 1. The highest BCUT2D eigenvalue weighted by molar-refractivity contribution is 7.99. The average Bonchev–Trinajstić information content (AvgIpc) is 3.11. The second-order valence-electron chi connectivity index (χ2n) is 6.10. The summed E-state index contributed by atoms with van der Waals surface area (Å²) in [5.74, 6) is -0.748. The standard InChI is InChI=1S/C19H15FN6O2S/c20-13-8-4-5-9-14(13)21-16(27)11-29-19-24-23-18-22-17(28)15(25-26(18)19)10-12-6-2-1-3-7-12/h1-9H,10-11H2,(H,21,27)(H,22,23,28). The fourth-order valence-corrected chi connectivity index (χ4v) is 3.33. The maximum absolute atomic E-state index is 13.6. The Kier molecular flexibility index (Phi) is 5.34. The van der Waals surface area contributed by atoms with E-state index in [-0.39, 0.29) is 22.8 Å². The second-order valence-corrected chi connectivity index (χ2v) is 7.04. The number of thioether (sulfide) groups is 1. The molecule has 2 N–H and O–H groups in total. The second kappa shape index (κ2) is 8.23. The number of aromatic amines is 1. The first kappa shape index (κ1) is 18.8. The molecule has 146 valence electrons. The maximum Gasteiger partial charge on any atom is 0.274 e. The van der Waals surface area contributed by atoms with Crippen LogP contribution in [0.2, 0.25) is 0 Å². The van der Waals surface area contributed by atoms with Crippen LogP contribution in [0.15, 0.2) is 64.5 Å². The molecule has 0 saturated carbocycles. The number of fused-ring (bicyclic) bond motifs is 1. The van der Waals surface area contributed by atoms with Gasteiger partial charge in [-0.15, -0.1) is 10.2 Å². The lowest BCUT2D eigenvalue weighted by Crippen LogP contribution is -2.19. The Morgan fingerprint density at radius 3 is 2.66 bits per heavy atom. The SMILES string of the molecule is O=C(CSc1nnc2[nH]c(=O)c(Cc3ccccc3)nn12)Nc1ccccc1F. The molecule has 1 amide bonds. The van der Waals surface area contributed by atoms with Crippen molar-refractivity contribution in [1.82, 2.24) is 24.8 Å². The summed E-state index contributed by atoms with van der Waals surface area (Å²) in [4.78, 5) is 27.0. The summed E-state index contributed by atoms with van der Waals surface area (Å²) in [5, 5.41) is 15.0. The van der Waals surface area contributed by atoms with Crippen molar-refractivity contribution in [2.45, 2.75) is 11.6 Å². The van der Waals surface area contributed by atoms with Crippen molar-refractivity contribution in [2.24, 2.45) is 0 Å². The van der Waals surface area contributed by atoms with Gasteiger partial charge in [-0.25, -0.2) is 4.39 Å². The highest BCUT2D eigenvalue weighted by Crippen LogP contribution is 2.17. The Bertz CT molecular complexity index is 1220. The number of benzene rings is 2. The Morgan fingerprint density at radius 1 is 1.10 bits per heavy atom. The van der Waals surface area contributed by atoms with E-state index in [0.717, 1.165) is 17.3 Å². The quantitative estimate of drug-likeness (QED) is 0.473. The van der Waals surface area contributed by atoms with Gasteiger partial charge in [-0.1, -0.05) is 54.2 Å². The van der Waals surface area contributed by atoms with Gasteiger partial charge in [0, 0.05) is 6.42 Å². The third-order valence-corrected chi connectivity index (χ3v) is 4.93. The van der Waals surface area contributed by atoms with Crippen LogP contribution in [0.25, 0.3) is 5.78 Å². The van der Waals surface area contributed by atoms with Gasteiger partial charge in [-0.3, -0.25) is 14.6 Å². The van der Waals surface area contributed by atoms with Gasteiger partial charge in [0.25, 0.3) is 11.3 Å². The first-order valence-corrected chi connectivity index (χ1v) is 9.64. The summed E-state index contributed by atoms with van der Waals surface area (Å²) < 4.78 is 15.0. The lowest BCUT2D eigenvalue weighted by molar-refractivity contribution is -0.113. The van der Waals surface area contributed by atoms with Crippen molar-refractivity contribution >= 4 is 29.1 Å².